The molecule has 4 heterocycles. The fourth-order valence-electron chi connectivity index (χ4n) is 3.82. The van der Waals surface area contributed by atoms with Crippen molar-refractivity contribution in [3.8, 4) is 17.1 Å². The molecule has 0 amide bonds. The van der Waals surface area contributed by atoms with Crippen molar-refractivity contribution >= 4 is 17.1 Å². The van der Waals surface area contributed by atoms with Gasteiger partial charge in [0.05, 0.1) is 16.7 Å². The molecule has 4 aromatic rings. The Bertz CT molecular complexity index is 1300. The van der Waals surface area contributed by atoms with Gasteiger partial charge in [-0.25, -0.2) is 9.37 Å². The third-order valence-corrected chi connectivity index (χ3v) is 5.45. The number of benzene rings is 1. The Balaban J connectivity index is 1.51. The lowest BCUT2D eigenvalue weighted by Crippen LogP contribution is -2.25. The highest BCUT2D eigenvalue weighted by molar-refractivity contribution is 6.32. The first-order valence-corrected chi connectivity index (χ1v) is 9.93. The van der Waals surface area contributed by atoms with Crippen LogP contribution < -0.4 is 10.3 Å². The summed E-state index contributed by atoms with van der Waals surface area (Å²) in [5, 5.41) is 0.513. The maximum Gasteiger partial charge on any atom is 0.248 e. The van der Waals surface area contributed by atoms with Crippen molar-refractivity contribution in [3.63, 3.8) is 0 Å². The van der Waals surface area contributed by atoms with Crippen LogP contribution in [0.25, 0.3) is 16.9 Å². The number of nitrogens with zero attached hydrogens (tertiary/aromatic N) is 3. The van der Waals surface area contributed by atoms with Crippen LogP contribution in [-0.2, 0) is 13.1 Å². The third-order valence-electron chi connectivity index (χ3n) is 5.17. The molecule has 8 heteroatoms. The second-order valence-corrected chi connectivity index (χ2v) is 7.70. The number of aromatic nitrogens is 3. The zero-order valence-electron chi connectivity index (χ0n) is 15.9. The lowest BCUT2D eigenvalue weighted by molar-refractivity contribution is 0.219. The number of rotatable bonds is 3. The minimum Gasteiger partial charge on any atom is -0.490 e. The normalized spacial score (nSPS) is 14.3. The van der Waals surface area contributed by atoms with Crippen molar-refractivity contribution < 1.29 is 9.13 Å². The first kappa shape index (κ1) is 18.8. The van der Waals surface area contributed by atoms with Crippen molar-refractivity contribution in [3.05, 3.63) is 87.3 Å². The van der Waals surface area contributed by atoms with Crippen molar-refractivity contribution in [2.75, 3.05) is 13.2 Å². The number of pyridine rings is 2. The fraction of sp³-hybridized carbons (Fsp3) is 0.182. The van der Waals surface area contributed by atoms with Gasteiger partial charge in [-0.1, -0.05) is 11.6 Å². The summed E-state index contributed by atoms with van der Waals surface area (Å²) in [5.41, 5.74) is 3.26. The first-order valence-electron chi connectivity index (χ1n) is 9.55. The van der Waals surface area contributed by atoms with E-state index in [0.717, 1.165) is 16.7 Å². The Morgan fingerprint density at radius 2 is 2.13 bits per heavy atom. The molecule has 0 spiro atoms. The number of H-pyrrole nitrogens is 1. The predicted octanol–water partition coefficient (Wildman–Crippen LogP) is 3.88. The van der Waals surface area contributed by atoms with Gasteiger partial charge in [-0.2, -0.15) is 0 Å². The highest BCUT2D eigenvalue weighted by Crippen LogP contribution is 2.36. The number of hydrogen-bond donors (Lipinski definition) is 1. The molecule has 5 rings (SSSR count). The number of nitrogens with one attached hydrogen (secondary N) is 1. The van der Waals surface area contributed by atoms with Gasteiger partial charge in [0.1, 0.15) is 24.0 Å². The van der Waals surface area contributed by atoms with Gasteiger partial charge in [-0.3, -0.25) is 14.1 Å². The Kier molecular flexibility index (Phi) is 4.77. The van der Waals surface area contributed by atoms with Crippen LogP contribution >= 0.6 is 11.6 Å². The number of aromatic amines is 1. The largest absolute Gasteiger partial charge is 0.490 e. The summed E-state index contributed by atoms with van der Waals surface area (Å²) in [6.45, 7) is 2.45. The molecule has 152 valence electrons. The molecule has 0 unspecified atom stereocenters. The third kappa shape index (κ3) is 3.58. The zero-order chi connectivity index (χ0) is 20.7. The van der Waals surface area contributed by atoms with E-state index in [1.165, 1.54) is 12.1 Å². The average molecular weight is 425 g/mol. The van der Waals surface area contributed by atoms with Crippen LogP contribution in [0, 0.1) is 5.82 Å². The zero-order valence-corrected chi connectivity index (χ0v) is 16.7. The summed E-state index contributed by atoms with van der Waals surface area (Å²) >= 11 is 6.56. The molecule has 0 atom stereocenters. The highest BCUT2D eigenvalue weighted by Gasteiger charge is 2.21. The minimum atomic E-state index is -0.308. The molecule has 0 fully saturated rings. The molecule has 1 aliphatic heterocycles. The van der Waals surface area contributed by atoms with E-state index in [4.69, 9.17) is 16.3 Å². The van der Waals surface area contributed by atoms with E-state index in [-0.39, 0.29) is 11.4 Å². The van der Waals surface area contributed by atoms with Crippen LogP contribution in [-0.4, -0.2) is 32.4 Å². The summed E-state index contributed by atoms with van der Waals surface area (Å²) in [6.07, 6.45) is 4.94. The van der Waals surface area contributed by atoms with Gasteiger partial charge >= 0.3 is 0 Å². The molecule has 0 radical (unpaired) electrons. The van der Waals surface area contributed by atoms with Crippen LogP contribution in [0.1, 0.15) is 11.1 Å². The van der Waals surface area contributed by atoms with Gasteiger partial charge in [0.25, 0.3) is 0 Å². The van der Waals surface area contributed by atoms with E-state index in [9.17, 15) is 9.18 Å². The molecule has 3 aromatic heterocycles. The van der Waals surface area contributed by atoms with Crippen molar-refractivity contribution in [1.29, 1.82) is 0 Å². The van der Waals surface area contributed by atoms with Crippen LogP contribution in [0.2, 0.25) is 5.02 Å². The molecule has 1 aromatic carbocycles. The van der Waals surface area contributed by atoms with Crippen LogP contribution in [0.5, 0.6) is 5.75 Å². The maximum atomic E-state index is 13.5. The lowest BCUT2D eigenvalue weighted by atomic mass is 10.1. The van der Waals surface area contributed by atoms with Gasteiger partial charge in [0.2, 0.25) is 5.56 Å². The monoisotopic (exact) mass is 424 g/mol. The number of fused-ring (bicyclic) bond motifs is 2. The second kappa shape index (κ2) is 7.59. The average Bonchev–Trinajstić information content (AvgIpc) is 3.01. The number of ether oxygens (including phenoxy) is 1. The Morgan fingerprint density at radius 1 is 1.23 bits per heavy atom. The van der Waals surface area contributed by atoms with Gasteiger partial charge in [-0.05, 0) is 35.9 Å². The highest BCUT2D eigenvalue weighted by atomic mass is 35.5. The molecule has 6 nitrogen and oxygen atoms in total. The quantitative estimate of drug-likeness (QED) is 0.542. The van der Waals surface area contributed by atoms with Crippen LogP contribution in [0.4, 0.5) is 4.39 Å². The van der Waals surface area contributed by atoms with Gasteiger partial charge in [-0.15, -0.1) is 0 Å². The van der Waals surface area contributed by atoms with E-state index >= 15 is 0 Å². The standard InChI is InChI=1S/C22H18ClFN4O2/c23-19-9-15(22-26-11-18-10-17(24)2-4-28(18)22)8-16-13-27(5-6-30-21(16)19)12-14-1-3-25-20(29)7-14/h1-4,7-11H,5-6,12-13H2,(H,25,29). The maximum absolute atomic E-state index is 13.5. The summed E-state index contributed by atoms with van der Waals surface area (Å²) in [6, 6.07) is 10.2. The molecule has 1 aliphatic rings. The van der Waals surface area contributed by atoms with Gasteiger partial charge < -0.3 is 9.72 Å². The Morgan fingerprint density at radius 3 is 3.00 bits per heavy atom. The van der Waals surface area contributed by atoms with E-state index < -0.39 is 0 Å². The molecular weight excluding hydrogens is 407 g/mol. The summed E-state index contributed by atoms with van der Waals surface area (Å²) in [5.74, 6) is 1.04. The topological polar surface area (TPSA) is 62.6 Å². The van der Waals surface area contributed by atoms with Crippen LogP contribution in [0.15, 0.2) is 59.8 Å². The minimum absolute atomic E-state index is 0.119. The number of halogens is 2. The summed E-state index contributed by atoms with van der Waals surface area (Å²) in [7, 11) is 0. The van der Waals surface area contributed by atoms with E-state index in [2.05, 4.69) is 14.9 Å². The molecular formula is C22H18ClFN4O2. The lowest BCUT2D eigenvalue weighted by Gasteiger charge is -2.19. The van der Waals surface area contributed by atoms with E-state index in [1.54, 1.807) is 24.7 Å². The second-order valence-electron chi connectivity index (χ2n) is 7.29. The number of hydrogen-bond acceptors (Lipinski definition) is 4. The van der Waals surface area contributed by atoms with Crippen molar-refractivity contribution in [2.24, 2.45) is 0 Å². The Labute approximate surface area is 176 Å². The predicted molar refractivity (Wildman–Crippen MR) is 112 cm³/mol. The van der Waals surface area contributed by atoms with Gasteiger partial charge in [0, 0.05) is 49.2 Å². The fourth-order valence-corrected chi connectivity index (χ4v) is 4.12. The van der Waals surface area contributed by atoms with E-state index in [0.29, 0.717) is 48.4 Å². The van der Waals surface area contributed by atoms with Crippen LogP contribution in [0.3, 0.4) is 0 Å². The van der Waals surface area contributed by atoms with Crippen molar-refractivity contribution in [2.45, 2.75) is 13.1 Å². The molecule has 0 bridgehead atoms. The molecule has 1 N–H and O–H groups in total. The van der Waals surface area contributed by atoms with Crippen molar-refractivity contribution in [1.82, 2.24) is 19.3 Å². The SMILES string of the molecule is O=c1cc(CN2CCOc3c(Cl)cc(-c4ncc5cc(F)ccn45)cc3C2)cc[nH]1. The smallest absolute Gasteiger partial charge is 0.248 e. The molecule has 0 saturated heterocycles. The summed E-state index contributed by atoms with van der Waals surface area (Å²) < 4.78 is 21.3. The molecule has 0 saturated carbocycles. The van der Waals surface area contributed by atoms with Gasteiger partial charge in [0.15, 0.2) is 0 Å². The first-order chi connectivity index (χ1) is 14.6. The molecule has 30 heavy (non-hydrogen) atoms. The molecule has 0 aliphatic carbocycles. The number of imidazole rings is 1. The Hall–Kier alpha value is -3.16. The summed E-state index contributed by atoms with van der Waals surface area (Å²) in [4.78, 5) is 20.9. The van der Waals surface area contributed by atoms with E-state index in [1.807, 2.05) is 22.6 Å².